The summed E-state index contributed by atoms with van der Waals surface area (Å²) in [5.41, 5.74) is 0. The molecule has 2 aromatic rings. The van der Waals surface area contributed by atoms with E-state index in [1.165, 1.54) is 0 Å². The van der Waals surface area contributed by atoms with Crippen molar-refractivity contribution < 1.29 is 0 Å². The Morgan fingerprint density at radius 2 is 2.33 bits per heavy atom. The lowest BCUT2D eigenvalue weighted by Crippen LogP contribution is -1.96. The van der Waals surface area contributed by atoms with Gasteiger partial charge in [0.1, 0.15) is 5.82 Å². The zero-order valence-corrected chi connectivity index (χ0v) is 10.2. The van der Waals surface area contributed by atoms with Crippen molar-refractivity contribution in [3.63, 3.8) is 0 Å². The Morgan fingerprint density at radius 3 is 2.93 bits per heavy atom. The maximum absolute atomic E-state index is 6.00. The highest BCUT2D eigenvalue weighted by Crippen LogP contribution is 2.24. The van der Waals surface area contributed by atoms with Gasteiger partial charge < -0.3 is 5.32 Å². The van der Waals surface area contributed by atoms with E-state index in [-0.39, 0.29) is 0 Å². The van der Waals surface area contributed by atoms with Gasteiger partial charge in [-0.25, -0.2) is 4.98 Å². The van der Waals surface area contributed by atoms with E-state index < -0.39 is 0 Å². The summed E-state index contributed by atoms with van der Waals surface area (Å²) in [5, 5.41) is 7.74. The highest BCUT2D eigenvalue weighted by Gasteiger charge is 2.04. The monoisotopic (exact) mass is 286 g/mol. The summed E-state index contributed by atoms with van der Waals surface area (Å²) < 4.78 is 2.55. The van der Waals surface area contributed by atoms with Crippen LogP contribution in [0.5, 0.6) is 0 Å². The van der Waals surface area contributed by atoms with Crippen LogP contribution in [0.25, 0.3) is 0 Å². The number of halogens is 2. The van der Waals surface area contributed by atoms with Crippen molar-refractivity contribution in [1.82, 2.24) is 14.8 Å². The minimum Gasteiger partial charge on any atom is -0.322 e. The number of rotatable bonds is 2. The summed E-state index contributed by atoms with van der Waals surface area (Å²) in [6.07, 6.45) is 3.52. The number of hydrogen-bond acceptors (Lipinski definition) is 3. The first kappa shape index (κ1) is 10.4. The molecule has 0 amide bonds. The molecule has 0 aliphatic rings. The molecule has 78 valence electrons. The van der Waals surface area contributed by atoms with Crippen molar-refractivity contribution in [2.45, 2.75) is 0 Å². The molecule has 0 fully saturated rings. The van der Waals surface area contributed by atoms with Gasteiger partial charge in [-0.3, -0.25) is 4.68 Å². The summed E-state index contributed by atoms with van der Waals surface area (Å²) in [7, 11) is 1.85. The number of hydrogen-bond donors (Lipinski definition) is 1. The molecule has 4 nitrogen and oxygen atoms in total. The van der Waals surface area contributed by atoms with Crippen LogP contribution in [0.3, 0.4) is 0 Å². The van der Waals surface area contributed by atoms with Crippen molar-refractivity contribution in [1.29, 1.82) is 0 Å². The van der Waals surface area contributed by atoms with Gasteiger partial charge in [-0.05, 0) is 22.0 Å². The lowest BCUT2D eigenvalue weighted by molar-refractivity contribution is 0.771. The van der Waals surface area contributed by atoms with E-state index in [0.717, 1.165) is 4.47 Å². The highest BCUT2D eigenvalue weighted by atomic mass is 79.9. The first-order valence-electron chi connectivity index (χ1n) is 4.23. The Balaban J connectivity index is 2.24. The van der Waals surface area contributed by atoms with Crippen molar-refractivity contribution in [3.8, 4) is 0 Å². The Kier molecular flexibility index (Phi) is 2.93. The number of nitrogens with one attached hydrogen (secondary N) is 1. The summed E-state index contributed by atoms with van der Waals surface area (Å²) in [4.78, 5) is 4.14. The molecule has 6 heteroatoms. The molecule has 0 atom stereocenters. The van der Waals surface area contributed by atoms with Gasteiger partial charge in [0.2, 0.25) is 0 Å². The zero-order chi connectivity index (χ0) is 10.8. The second kappa shape index (κ2) is 4.20. The molecule has 0 spiro atoms. The van der Waals surface area contributed by atoms with E-state index in [1.807, 2.05) is 19.3 Å². The molecule has 0 bridgehead atoms. The van der Waals surface area contributed by atoms with Crippen LogP contribution >= 0.6 is 27.5 Å². The number of aromatic nitrogens is 3. The van der Waals surface area contributed by atoms with Crippen LogP contribution in [-0.4, -0.2) is 14.8 Å². The molecule has 0 saturated carbocycles. The molecule has 0 aromatic carbocycles. The number of anilines is 2. The molecule has 0 unspecified atom stereocenters. The quantitative estimate of drug-likeness (QED) is 0.923. The molecule has 0 aliphatic carbocycles. The Labute approximate surface area is 100 Å². The summed E-state index contributed by atoms with van der Waals surface area (Å²) in [6.45, 7) is 0. The number of aryl methyl sites for hydroxylation is 1. The van der Waals surface area contributed by atoms with Crippen molar-refractivity contribution >= 4 is 39.2 Å². The second-order valence-corrected chi connectivity index (χ2v) is 4.31. The van der Waals surface area contributed by atoms with Crippen LogP contribution in [-0.2, 0) is 7.05 Å². The Morgan fingerprint density at radius 1 is 1.53 bits per heavy atom. The Hall–Kier alpha value is -1.07. The van der Waals surface area contributed by atoms with Gasteiger partial charge >= 0.3 is 0 Å². The SMILES string of the molecule is Cn1ccc(Nc2ncc(Br)cc2Cl)n1. The van der Waals surface area contributed by atoms with Crippen molar-refractivity contribution in [2.24, 2.45) is 7.05 Å². The lowest BCUT2D eigenvalue weighted by atomic mass is 10.4. The first-order valence-corrected chi connectivity index (χ1v) is 5.40. The fourth-order valence-corrected chi connectivity index (χ4v) is 1.79. The molecule has 2 aromatic heterocycles. The fourth-order valence-electron chi connectivity index (χ4n) is 1.11. The van der Waals surface area contributed by atoms with Crippen molar-refractivity contribution in [3.05, 3.63) is 34.0 Å². The van der Waals surface area contributed by atoms with Gasteiger partial charge in [-0.15, -0.1) is 0 Å². The van der Waals surface area contributed by atoms with Gasteiger partial charge in [0.05, 0.1) is 5.02 Å². The molecular weight excluding hydrogens is 279 g/mol. The molecule has 1 N–H and O–H groups in total. The zero-order valence-electron chi connectivity index (χ0n) is 7.91. The molecule has 0 saturated heterocycles. The third-order valence-corrected chi connectivity index (χ3v) is 2.49. The molecule has 0 aliphatic heterocycles. The third-order valence-electron chi connectivity index (χ3n) is 1.77. The molecule has 2 rings (SSSR count). The maximum Gasteiger partial charge on any atom is 0.153 e. The van der Waals surface area contributed by atoms with Crippen molar-refractivity contribution in [2.75, 3.05) is 5.32 Å². The number of pyridine rings is 1. The standard InChI is InChI=1S/C9H8BrClN4/c1-15-3-2-8(14-15)13-9-7(11)4-6(10)5-12-9/h2-5H,1H3,(H,12,13,14). The number of nitrogens with zero attached hydrogens (tertiary/aromatic N) is 3. The highest BCUT2D eigenvalue weighted by molar-refractivity contribution is 9.10. The topological polar surface area (TPSA) is 42.7 Å². The molecular formula is C9H8BrClN4. The predicted octanol–water partition coefficient (Wildman–Crippen LogP) is 2.97. The third kappa shape index (κ3) is 2.49. The van der Waals surface area contributed by atoms with E-state index in [0.29, 0.717) is 16.7 Å². The van der Waals surface area contributed by atoms with Gasteiger partial charge in [-0.2, -0.15) is 5.10 Å². The smallest absolute Gasteiger partial charge is 0.153 e. The van der Waals surface area contributed by atoms with Gasteiger partial charge in [-0.1, -0.05) is 11.6 Å². The van der Waals surface area contributed by atoms with Crippen LogP contribution in [0.15, 0.2) is 29.0 Å². The first-order chi connectivity index (χ1) is 7.15. The summed E-state index contributed by atoms with van der Waals surface area (Å²) >= 11 is 9.29. The van der Waals surface area contributed by atoms with E-state index in [2.05, 4.69) is 31.3 Å². The van der Waals surface area contributed by atoms with Crippen LogP contribution < -0.4 is 5.32 Å². The van der Waals surface area contributed by atoms with Gasteiger partial charge in [0.15, 0.2) is 5.82 Å². The van der Waals surface area contributed by atoms with Crippen LogP contribution in [0.4, 0.5) is 11.6 Å². The van der Waals surface area contributed by atoms with Crippen LogP contribution in [0.2, 0.25) is 5.02 Å². The average molecular weight is 288 g/mol. The maximum atomic E-state index is 6.00. The van der Waals surface area contributed by atoms with Gasteiger partial charge in [0.25, 0.3) is 0 Å². The average Bonchev–Trinajstić information content (AvgIpc) is 2.56. The predicted molar refractivity (Wildman–Crippen MR) is 63.4 cm³/mol. The normalized spacial score (nSPS) is 10.3. The lowest BCUT2D eigenvalue weighted by Gasteiger charge is -2.03. The Bertz CT molecular complexity index is 483. The second-order valence-electron chi connectivity index (χ2n) is 2.98. The summed E-state index contributed by atoms with van der Waals surface area (Å²) in [5.74, 6) is 1.31. The summed E-state index contributed by atoms with van der Waals surface area (Å²) in [6, 6.07) is 3.62. The van der Waals surface area contributed by atoms with E-state index in [4.69, 9.17) is 11.6 Å². The fraction of sp³-hybridized carbons (Fsp3) is 0.111. The van der Waals surface area contributed by atoms with E-state index >= 15 is 0 Å². The molecule has 2 heterocycles. The van der Waals surface area contributed by atoms with Crippen LogP contribution in [0, 0.1) is 0 Å². The van der Waals surface area contributed by atoms with E-state index in [9.17, 15) is 0 Å². The van der Waals surface area contributed by atoms with Crippen LogP contribution in [0.1, 0.15) is 0 Å². The van der Waals surface area contributed by atoms with Gasteiger partial charge in [0, 0.05) is 30.0 Å². The molecule has 15 heavy (non-hydrogen) atoms. The van der Waals surface area contributed by atoms with E-state index in [1.54, 1.807) is 16.9 Å². The minimum absolute atomic E-state index is 0.551. The minimum atomic E-state index is 0.551. The largest absolute Gasteiger partial charge is 0.322 e. The molecule has 0 radical (unpaired) electrons.